The van der Waals surface area contributed by atoms with Crippen molar-refractivity contribution in [1.29, 1.82) is 0 Å². The number of benzene rings is 1. The van der Waals surface area contributed by atoms with Crippen molar-refractivity contribution in [2.45, 2.75) is 51.0 Å². The highest BCUT2D eigenvalue weighted by Crippen LogP contribution is 2.29. The molecule has 132 valence electrons. The quantitative estimate of drug-likeness (QED) is 0.842. The Bertz CT molecular complexity index is 765. The second-order valence-corrected chi connectivity index (χ2v) is 7.01. The number of nitrogens with zero attached hydrogens (tertiary/aromatic N) is 4. The molecular weight excluding hydrogens is 319 g/mol. The molecular formula is C19H23FN4O. The first-order chi connectivity index (χ1) is 12.2. The van der Waals surface area contributed by atoms with Gasteiger partial charge in [0.05, 0.1) is 0 Å². The van der Waals surface area contributed by atoms with Crippen LogP contribution in [0.4, 0.5) is 4.39 Å². The third-order valence-corrected chi connectivity index (χ3v) is 5.36. The van der Waals surface area contributed by atoms with Gasteiger partial charge in [-0.1, -0.05) is 12.5 Å². The van der Waals surface area contributed by atoms with Crippen molar-refractivity contribution in [2.24, 2.45) is 0 Å². The lowest BCUT2D eigenvalue weighted by atomic mass is 9.95. The lowest BCUT2D eigenvalue weighted by molar-refractivity contribution is 0.0709. The Morgan fingerprint density at radius 2 is 1.92 bits per heavy atom. The van der Waals surface area contributed by atoms with Gasteiger partial charge in [0.1, 0.15) is 17.5 Å². The summed E-state index contributed by atoms with van der Waals surface area (Å²) in [7, 11) is 0. The predicted molar refractivity (Wildman–Crippen MR) is 91.9 cm³/mol. The number of likely N-dealkylation sites (tertiary alicyclic amines) is 1. The smallest absolute Gasteiger partial charge is 0.253 e. The number of rotatable bonds is 2. The van der Waals surface area contributed by atoms with E-state index in [1.165, 1.54) is 31.4 Å². The minimum Gasteiger partial charge on any atom is -0.339 e. The molecule has 0 bridgehead atoms. The zero-order chi connectivity index (χ0) is 17.2. The minimum atomic E-state index is -0.369. The van der Waals surface area contributed by atoms with E-state index >= 15 is 0 Å². The lowest BCUT2D eigenvalue weighted by Crippen LogP contribution is -2.38. The molecule has 0 spiro atoms. The number of piperidine rings is 1. The first-order valence-electron chi connectivity index (χ1n) is 9.19. The summed E-state index contributed by atoms with van der Waals surface area (Å²) in [4.78, 5) is 14.4. The number of hydrogen-bond acceptors (Lipinski definition) is 3. The van der Waals surface area contributed by atoms with E-state index in [4.69, 9.17) is 0 Å². The molecule has 0 atom stereocenters. The summed E-state index contributed by atoms with van der Waals surface area (Å²) in [5.41, 5.74) is 0.426. The Balaban J connectivity index is 1.43. The number of amides is 1. The molecule has 2 aliphatic heterocycles. The molecule has 1 aromatic carbocycles. The van der Waals surface area contributed by atoms with Crippen molar-refractivity contribution < 1.29 is 9.18 Å². The largest absolute Gasteiger partial charge is 0.339 e. The first kappa shape index (κ1) is 16.2. The molecule has 1 aromatic heterocycles. The molecule has 5 nitrogen and oxygen atoms in total. The zero-order valence-electron chi connectivity index (χ0n) is 14.3. The van der Waals surface area contributed by atoms with Gasteiger partial charge < -0.3 is 9.47 Å². The number of fused-ring (bicyclic) bond motifs is 1. The van der Waals surface area contributed by atoms with Crippen LogP contribution in [-0.4, -0.2) is 38.7 Å². The fourth-order valence-corrected chi connectivity index (χ4v) is 3.95. The summed E-state index contributed by atoms with van der Waals surface area (Å²) in [6.45, 7) is 2.38. The molecule has 25 heavy (non-hydrogen) atoms. The van der Waals surface area contributed by atoms with Gasteiger partial charge in [0.15, 0.2) is 0 Å². The highest BCUT2D eigenvalue weighted by molar-refractivity contribution is 5.94. The van der Waals surface area contributed by atoms with Gasteiger partial charge in [-0.2, -0.15) is 0 Å². The first-order valence-corrected chi connectivity index (χ1v) is 9.19. The van der Waals surface area contributed by atoms with Crippen molar-refractivity contribution in [2.75, 3.05) is 13.1 Å². The molecule has 4 rings (SSSR count). The molecule has 0 aliphatic carbocycles. The molecule has 2 aromatic rings. The summed E-state index contributed by atoms with van der Waals surface area (Å²) >= 11 is 0. The van der Waals surface area contributed by atoms with Gasteiger partial charge in [-0.25, -0.2) is 4.39 Å². The van der Waals surface area contributed by atoms with E-state index in [0.29, 0.717) is 24.6 Å². The van der Waals surface area contributed by atoms with Gasteiger partial charge in [-0.15, -0.1) is 10.2 Å². The monoisotopic (exact) mass is 342 g/mol. The zero-order valence-corrected chi connectivity index (χ0v) is 14.3. The Kier molecular flexibility index (Phi) is 4.51. The minimum absolute atomic E-state index is 0.0852. The van der Waals surface area contributed by atoms with Crippen LogP contribution >= 0.6 is 0 Å². The molecule has 1 fully saturated rings. The van der Waals surface area contributed by atoms with Gasteiger partial charge >= 0.3 is 0 Å². The lowest BCUT2D eigenvalue weighted by Gasteiger charge is -2.31. The molecule has 6 heteroatoms. The van der Waals surface area contributed by atoms with E-state index in [0.717, 1.165) is 37.5 Å². The molecule has 1 saturated heterocycles. The number of halogens is 1. The second kappa shape index (κ2) is 6.94. The topological polar surface area (TPSA) is 51.0 Å². The number of carbonyl (C=O) groups is 1. The van der Waals surface area contributed by atoms with Gasteiger partial charge in [0.25, 0.3) is 5.91 Å². The third kappa shape index (κ3) is 3.30. The highest BCUT2D eigenvalue weighted by Gasteiger charge is 2.28. The Morgan fingerprint density at radius 1 is 1.08 bits per heavy atom. The van der Waals surface area contributed by atoms with Crippen molar-refractivity contribution in [3.8, 4) is 0 Å². The summed E-state index contributed by atoms with van der Waals surface area (Å²) in [5, 5.41) is 8.86. The van der Waals surface area contributed by atoms with Crippen LogP contribution < -0.4 is 0 Å². The fraction of sp³-hybridized carbons (Fsp3) is 0.526. The van der Waals surface area contributed by atoms with Crippen molar-refractivity contribution in [3.05, 3.63) is 47.3 Å². The summed E-state index contributed by atoms with van der Waals surface area (Å²) in [5.74, 6) is 2.11. The Morgan fingerprint density at radius 3 is 2.72 bits per heavy atom. The van der Waals surface area contributed by atoms with Crippen LogP contribution in [0.3, 0.4) is 0 Å². The van der Waals surface area contributed by atoms with Gasteiger partial charge in [0, 0.05) is 37.5 Å². The third-order valence-electron chi connectivity index (χ3n) is 5.36. The van der Waals surface area contributed by atoms with E-state index in [9.17, 15) is 9.18 Å². The standard InChI is InChI=1S/C19H23FN4O/c20-16-6-4-5-15(13-16)19(25)23-11-8-14(9-12-23)18-22-21-17-7-2-1-3-10-24(17)18/h4-6,13-14H,1-3,7-12H2. The average molecular weight is 342 g/mol. The van der Waals surface area contributed by atoms with Gasteiger partial charge in [-0.05, 0) is 43.9 Å². The van der Waals surface area contributed by atoms with Crippen LogP contribution in [0.15, 0.2) is 24.3 Å². The maximum atomic E-state index is 13.3. The van der Waals surface area contributed by atoms with E-state index in [1.807, 2.05) is 4.90 Å². The van der Waals surface area contributed by atoms with Crippen LogP contribution in [0.2, 0.25) is 0 Å². The molecule has 1 amide bonds. The van der Waals surface area contributed by atoms with E-state index in [1.54, 1.807) is 12.1 Å². The summed E-state index contributed by atoms with van der Waals surface area (Å²) in [6, 6.07) is 5.93. The SMILES string of the molecule is O=C(c1cccc(F)c1)N1CCC(c2nnc3n2CCCCC3)CC1. The van der Waals surface area contributed by atoms with Crippen molar-refractivity contribution in [3.63, 3.8) is 0 Å². The average Bonchev–Trinajstić information content (AvgIpc) is 2.89. The van der Waals surface area contributed by atoms with Crippen LogP contribution in [0.5, 0.6) is 0 Å². The molecule has 0 unspecified atom stereocenters. The van der Waals surface area contributed by atoms with Gasteiger partial charge in [-0.3, -0.25) is 4.79 Å². The molecule has 3 heterocycles. The molecule has 0 radical (unpaired) electrons. The van der Waals surface area contributed by atoms with Crippen LogP contribution in [0.1, 0.15) is 60.0 Å². The highest BCUT2D eigenvalue weighted by atomic mass is 19.1. The maximum Gasteiger partial charge on any atom is 0.253 e. The number of aryl methyl sites for hydroxylation is 1. The van der Waals surface area contributed by atoms with Crippen LogP contribution in [-0.2, 0) is 13.0 Å². The van der Waals surface area contributed by atoms with E-state index in [-0.39, 0.29) is 11.7 Å². The molecule has 0 N–H and O–H groups in total. The van der Waals surface area contributed by atoms with Crippen LogP contribution in [0, 0.1) is 5.82 Å². The number of aromatic nitrogens is 3. The normalized spacial score (nSPS) is 18.7. The van der Waals surface area contributed by atoms with Crippen LogP contribution in [0.25, 0.3) is 0 Å². The van der Waals surface area contributed by atoms with E-state index in [2.05, 4.69) is 14.8 Å². The number of carbonyl (C=O) groups excluding carboxylic acids is 1. The summed E-state index contributed by atoms with van der Waals surface area (Å²) < 4.78 is 15.7. The van der Waals surface area contributed by atoms with Crippen molar-refractivity contribution in [1.82, 2.24) is 19.7 Å². The molecule has 0 saturated carbocycles. The maximum absolute atomic E-state index is 13.3. The Labute approximate surface area is 146 Å². The number of hydrogen-bond donors (Lipinski definition) is 0. The Hall–Kier alpha value is -2.24. The van der Waals surface area contributed by atoms with Gasteiger partial charge in [0.2, 0.25) is 0 Å². The molecule has 2 aliphatic rings. The van der Waals surface area contributed by atoms with E-state index < -0.39 is 0 Å². The summed E-state index contributed by atoms with van der Waals surface area (Å²) in [6.07, 6.45) is 6.43. The fourth-order valence-electron chi connectivity index (χ4n) is 3.95. The second-order valence-electron chi connectivity index (χ2n) is 7.01. The van der Waals surface area contributed by atoms with Crippen molar-refractivity contribution >= 4 is 5.91 Å². The predicted octanol–water partition coefficient (Wildman–Crippen LogP) is 3.16.